The van der Waals surface area contributed by atoms with Crippen molar-refractivity contribution in [1.82, 2.24) is 30.1 Å². The molecule has 0 spiro atoms. The highest BCUT2D eigenvalue weighted by Crippen LogP contribution is 2.10. The Morgan fingerprint density at radius 3 is 2.82 bits per heavy atom. The van der Waals surface area contributed by atoms with Gasteiger partial charge in [-0.25, -0.2) is 18.1 Å². The topological polar surface area (TPSA) is 142 Å². The van der Waals surface area contributed by atoms with Crippen LogP contribution in [0.3, 0.4) is 0 Å². The third-order valence-corrected chi connectivity index (χ3v) is 3.48. The summed E-state index contributed by atoms with van der Waals surface area (Å²) < 4.78 is 26.1. The Balaban J connectivity index is 2.14. The number of hydrogen-bond donors (Lipinski definition) is 4. The third kappa shape index (κ3) is 2.49. The first-order valence-electron chi connectivity index (χ1n) is 4.69. The van der Waals surface area contributed by atoms with Crippen molar-refractivity contribution in [3.05, 3.63) is 23.9 Å². The van der Waals surface area contributed by atoms with E-state index in [4.69, 9.17) is 5.73 Å². The molecule has 2 heterocycles. The molecule has 0 aliphatic rings. The molecular formula is C7H11N7O2S. The Morgan fingerprint density at radius 2 is 2.18 bits per heavy atom. The Bertz CT molecular complexity index is 573. The van der Waals surface area contributed by atoms with Gasteiger partial charge in [0.25, 0.3) is 10.0 Å². The number of H-pyrrole nitrogens is 2. The molecule has 17 heavy (non-hydrogen) atoms. The smallest absolute Gasteiger partial charge is 0.258 e. The molecule has 0 atom stereocenters. The SMILES string of the molecule is NCc1cn[nH]c1S(=O)(=O)NCc1ncn[nH]1. The maximum absolute atomic E-state index is 11.9. The van der Waals surface area contributed by atoms with Crippen molar-refractivity contribution >= 4 is 10.0 Å². The van der Waals surface area contributed by atoms with Crippen LogP contribution in [0.25, 0.3) is 0 Å². The number of aromatic amines is 2. The molecule has 2 aromatic rings. The van der Waals surface area contributed by atoms with Crippen molar-refractivity contribution < 1.29 is 8.42 Å². The largest absolute Gasteiger partial charge is 0.326 e. The highest BCUT2D eigenvalue weighted by Gasteiger charge is 2.20. The summed E-state index contributed by atoms with van der Waals surface area (Å²) in [6.45, 7) is 0.112. The van der Waals surface area contributed by atoms with Gasteiger partial charge in [0.15, 0.2) is 5.03 Å². The lowest BCUT2D eigenvalue weighted by Gasteiger charge is -2.04. The van der Waals surface area contributed by atoms with Crippen LogP contribution in [0.4, 0.5) is 0 Å². The van der Waals surface area contributed by atoms with E-state index >= 15 is 0 Å². The first-order valence-corrected chi connectivity index (χ1v) is 6.18. The zero-order chi connectivity index (χ0) is 12.3. The van der Waals surface area contributed by atoms with Crippen molar-refractivity contribution in [2.75, 3.05) is 0 Å². The van der Waals surface area contributed by atoms with Crippen LogP contribution < -0.4 is 10.5 Å². The van der Waals surface area contributed by atoms with Gasteiger partial charge in [0, 0.05) is 12.1 Å². The van der Waals surface area contributed by atoms with Crippen molar-refractivity contribution in [3.63, 3.8) is 0 Å². The van der Waals surface area contributed by atoms with E-state index in [-0.39, 0.29) is 18.1 Å². The summed E-state index contributed by atoms with van der Waals surface area (Å²) in [5.74, 6) is 0.419. The molecule has 0 radical (unpaired) electrons. The lowest BCUT2D eigenvalue weighted by Crippen LogP contribution is -2.25. The standard InChI is InChI=1S/C7H11N7O2S/c8-1-5-2-10-14-7(5)17(15,16)12-3-6-9-4-11-13-6/h2,4,12H,1,3,8H2,(H,10,14)(H,9,11,13). The van der Waals surface area contributed by atoms with Crippen molar-refractivity contribution in [1.29, 1.82) is 0 Å². The molecule has 0 fully saturated rings. The highest BCUT2D eigenvalue weighted by atomic mass is 32.2. The second-order valence-corrected chi connectivity index (χ2v) is 4.89. The fourth-order valence-electron chi connectivity index (χ4n) is 1.23. The van der Waals surface area contributed by atoms with Gasteiger partial charge in [0.05, 0.1) is 12.7 Å². The minimum Gasteiger partial charge on any atom is -0.326 e. The van der Waals surface area contributed by atoms with Gasteiger partial charge >= 0.3 is 0 Å². The highest BCUT2D eigenvalue weighted by molar-refractivity contribution is 7.89. The average Bonchev–Trinajstić information content (AvgIpc) is 2.97. The van der Waals surface area contributed by atoms with Crippen molar-refractivity contribution in [2.24, 2.45) is 5.73 Å². The van der Waals surface area contributed by atoms with Crippen LogP contribution in [0.1, 0.15) is 11.4 Å². The summed E-state index contributed by atoms with van der Waals surface area (Å²) in [7, 11) is -3.67. The number of aromatic nitrogens is 5. The lowest BCUT2D eigenvalue weighted by molar-refractivity contribution is 0.573. The predicted octanol–water partition coefficient (Wildman–Crippen LogP) is -1.53. The van der Waals surface area contributed by atoms with Crippen molar-refractivity contribution in [2.45, 2.75) is 18.1 Å². The van der Waals surface area contributed by atoms with Gasteiger partial charge in [-0.1, -0.05) is 0 Å². The Morgan fingerprint density at radius 1 is 1.35 bits per heavy atom. The Hall–Kier alpha value is -1.78. The number of rotatable bonds is 5. The molecular weight excluding hydrogens is 246 g/mol. The zero-order valence-corrected chi connectivity index (χ0v) is 9.53. The number of sulfonamides is 1. The summed E-state index contributed by atoms with van der Waals surface area (Å²) in [5, 5.41) is 12.2. The molecule has 0 aliphatic heterocycles. The van der Waals surface area contributed by atoms with Crippen LogP contribution in [0, 0.1) is 0 Å². The van der Waals surface area contributed by atoms with E-state index in [0.717, 1.165) is 0 Å². The van der Waals surface area contributed by atoms with E-state index in [0.29, 0.717) is 11.4 Å². The summed E-state index contributed by atoms with van der Waals surface area (Å²) >= 11 is 0. The Kier molecular flexibility index (Phi) is 3.17. The molecule has 92 valence electrons. The molecule has 2 aromatic heterocycles. The monoisotopic (exact) mass is 257 g/mol. The summed E-state index contributed by atoms with van der Waals surface area (Å²) in [6.07, 6.45) is 2.67. The molecule has 5 N–H and O–H groups in total. The quantitative estimate of drug-likeness (QED) is 0.511. The van der Waals surface area contributed by atoms with E-state index in [2.05, 4.69) is 30.1 Å². The fourth-order valence-corrected chi connectivity index (χ4v) is 2.35. The van der Waals surface area contributed by atoms with Crippen LogP contribution in [-0.4, -0.2) is 33.8 Å². The maximum atomic E-state index is 11.9. The molecule has 10 heteroatoms. The average molecular weight is 257 g/mol. The van der Waals surface area contributed by atoms with Gasteiger partial charge in [0.2, 0.25) is 0 Å². The van der Waals surface area contributed by atoms with E-state index in [1.807, 2.05) is 0 Å². The number of hydrogen-bond acceptors (Lipinski definition) is 6. The van der Waals surface area contributed by atoms with Crippen LogP contribution >= 0.6 is 0 Å². The summed E-state index contributed by atoms with van der Waals surface area (Å²) in [5.41, 5.74) is 5.83. The second-order valence-electron chi connectivity index (χ2n) is 3.19. The van der Waals surface area contributed by atoms with E-state index < -0.39 is 10.0 Å². The first-order chi connectivity index (χ1) is 8.13. The van der Waals surface area contributed by atoms with Crippen LogP contribution in [-0.2, 0) is 23.1 Å². The molecule has 0 saturated carbocycles. The molecule has 0 aliphatic carbocycles. The molecule has 0 bridgehead atoms. The van der Waals surface area contributed by atoms with Crippen LogP contribution in [0.2, 0.25) is 0 Å². The second kappa shape index (κ2) is 4.61. The fraction of sp³-hybridized carbons (Fsp3) is 0.286. The van der Waals surface area contributed by atoms with E-state index in [1.165, 1.54) is 12.5 Å². The van der Waals surface area contributed by atoms with Gasteiger partial charge in [-0.15, -0.1) is 0 Å². The van der Waals surface area contributed by atoms with Crippen LogP contribution in [0.15, 0.2) is 17.6 Å². The zero-order valence-electron chi connectivity index (χ0n) is 8.71. The number of nitrogens with zero attached hydrogens (tertiary/aromatic N) is 3. The first kappa shape index (κ1) is 11.7. The molecule has 2 rings (SSSR count). The van der Waals surface area contributed by atoms with Gasteiger partial charge in [-0.2, -0.15) is 10.2 Å². The maximum Gasteiger partial charge on any atom is 0.258 e. The molecule has 0 amide bonds. The number of nitrogens with one attached hydrogen (secondary N) is 3. The minimum atomic E-state index is -3.67. The van der Waals surface area contributed by atoms with Gasteiger partial charge in [-0.3, -0.25) is 10.2 Å². The van der Waals surface area contributed by atoms with Gasteiger partial charge in [0.1, 0.15) is 12.2 Å². The van der Waals surface area contributed by atoms with Crippen LogP contribution in [0.5, 0.6) is 0 Å². The summed E-state index contributed by atoms with van der Waals surface area (Å²) in [6, 6.07) is 0. The molecule has 0 aromatic carbocycles. The lowest BCUT2D eigenvalue weighted by atomic mass is 10.4. The van der Waals surface area contributed by atoms with Crippen molar-refractivity contribution in [3.8, 4) is 0 Å². The molecule has 0 saturated heterocycles. The molecule has 9 nitrogen and oxygen atoms in total. The minimum absolute atomic E-state index is 0.0192. The van der Waals surface area contributed by atoms with E-state index in [1.54, 1.807) is 0 Å². The number of nitrogens with two attached hydrogens (primary N) is 1. The van der Waals surface area contributed by atoms with Gasteiger partial charge < -0.3 is 5.73 Å². The predicted molar refractivity (Wildman–Crippen MR) is 56.9 cm³/mol. The van der Waals surface area contributed by atoms with E-state index in [9.17, 15) is 8.42 Å². The normalized spacial score (nSPS) is 11.8. The van der Waals surface area contributed by atoms with Gasteiger partial charge in [-0.05, 0) is 0 Å². The molecule has 0 unspecified atom stereocenters. The summed E-state index contributed by atoms with van der Waals surface area (Å²) in [4.78, 5) is 3.80. The third-order valence-electron chi connectivity index (χ3n) is 2.06. The Labute approximate surface area is 96.9 Å².